The van der Waals surface area contributed by atoms with Crippen LogP contribution < -0.4 is 15.0 Å². The predicted octanol–water partition coefficient (Wildman–Crippen LogP) is 2.19. The molecule has 2 heterocycles. The molecule has 26 heavy (non-hydrogen) atoms. The number of ether oxygens (including phenoxy) is 1. The third kappa shape index (κ3) is 4.11. The number of methoxy groups -OCH3 is 1. The Labute approximate surface area is 154 Å². The van der Waals surface area contributed by atoms with Crippen molar-refractivity contribution in [3.05, 3.63) is 41.7 Å². The molecular formula is C19H25N5O2. The van der Waals surface area contributed by atoms with Crippen LogP contribution in [0.2, 0.25) is 0 Å². The zero-order valence-electron chi connectivity index (χ0n) is 15.5. The molecule has 0 bridgehead atoms. The average molecular weight is 355 g/mol. The first kappa shape index (κ1) is 18.1. The summed E-state index contributed by atoms with van der Waals surface area (Å²) in [6, 6.07) is 9.02. The Kier molecular flexibility index (Phi) is 5.68. The van der Waals surface area contributed by atoms with Crippen molar-refractivity contribution in [2.75, 3.05) is 50.1 Å². The number of para-hydroxylation sites is 2. The van der Waals surface area contributed by atoms with E-state index in [2.05, 4.69) is 32.0 Å². The third-order valence-corrected chi connectivity index (χ3v) is 4.53. The first-order valence-corrected chi connectivity index (χ1v) is 8.88. The van der Waals surface area contributed by atoms with E-state index in [4.69, 9.17) is 4.74 Å². The van der Waals surface area contributed by atoms with Gasteiger partial charge in [-0.05, 0) is 31.7 Å². The number of piperazine rings is 1. The number of carbonyl (C=O) groups excluding carboxylic acids is 1. The summed E-state index contributed by atoms with van der Waals surface area (Å²) in [5.74, 6) is 0.960. The Morgan fingerprint density at radius 3 is 2.62 bits per heavy atom. The van der Waals surface area contributed by atoms with Gasteiger partial charge in [0.05, 0.1) is 12.8 Å². The number of nitrogens with zero attached hydrogens (tertiary/aromatic N) is 4. The van der Waals surface area contributed by atoms with Gasteiger partial charge in [-0.1, -0.05) is 19.1 Å². The van der Waals surface area contributed by atoms with Crippen molar-refractivity contribution in [1.82, 2.24) is 14.9 Å². The smallest absolute Gasteiger partial charge is 0.274 e. The molecule has 1 aromatic carbocycles. The topological polar surface area (TPSA) is 70.6 Å². The predicted molar refractivity (Wildman–Crippen MR) is 102 cm³/mol. The van der Waals surface area contributed by atoms with Gasteiger partial charge in [-0.3, -0.25) is 4.79 Å². The number of carbonyl (C=O) groups is 1. The van der Waals surface area contributed by atoms with Crippen molar-refractivity contribution in [2.24, 2.45) is 0 Å². The fourth-order valence-electron chi connectivity index (χ4n) is 3.01. The molecule has 2 aromatic rings. The van der Waals surface area contributed by atoms with Crippen LogP contribution in [-0.4, -0.2) is 60.6 Å². The standard InChI is InChI=1S/C19H25N5O2/c1-4-23-9-11-24(12-10-23)19-20-14(2)13-16(22-19)18(25)21-15-7-5-6-8-17(15)26-3/h5-8,13H,4,9-12H2,1-3H3,(H,21,25). The van der Waals surface area contributed by atoms with E-state index in [1.807, 2.05) is 19.1 Å². The molecule has 1 N–H and O–H groups in total. The summed E-state index contributed by atoms with van der Waals surface area (Å²) in [6.07, 6.45) is 0. The molecule has 1 aromatic heterocycles. The number of nitrogens with one attached hydrogen (secondary N) is 1. The van der Waals surface area contributed by atoms with E-state index < -0.39 is 0 Å². The molecule has 0 spiro atoms. The highest BCUT2D eigenvalue weighted by atomic mass is 16.5. The van der Waals surface area contributed by atoms with E-state index in [1.165, 1.54) is 0 Å². The molecule has 0 aliphatic carbocycles. The summed E-state index contributed by atoms with van der Waals surface area (Å²) >= 11 is 0. The second-order valence-electron chi connectivity index (χ2n) is 6.27. The lowest BCUT2D eigenvalue weighted by molar-refractivity contribution is 0.102. The van der Waals surface area contributed by atoms with E-state index in [-0.39, 0.29) is 5.91 Å². The van der Waals surface area contributed by atoms with Crippen LogP contribution >= 0.6 is 0 Å². The maximum Gasteiger partial charge on any atom is 0.274 e. The largest absolute Gasteiger partial charge is 0.495 e. The number of amides is 1. The number of likely N-dealkylation sites (N-methyl/N-ethyl adjacent to an activating group) is 1. The van der Waals surface area contributed by atoms with Crippen LogP contribution in [0, 0.1) is 6.92 Å². The van der Waals surface area contributed by atoms with E-state index in [9.17, 15) is 4.79 Å². The molecule has 1 saturated heterocycles. The summed E-state index contributed by atoms with van der Waals surface area (Å²) in [6.45, 7) is 8.80. The van der Waals surface area contributed by atoms with Gasteiger partial charge >= 0.3 is 0 Å². The van der Waals surface area contributed by atoms with Crippen LogP contribution in [0.15, 0.2) is 30.3 Å². The molecule has 0 saturated carbocycles. The first-order chi connectivity index (χ1) is 12.6. The number of hydrogen-bond donors (Lipinski definition) is 1. The Morgan fingerprint density at radius 1 is 1.19 bits per heavy atom. The summed E-state index contributed by atoms with van der Waals surface area (Å²) in [7, 11) is 1.58. The van der Waals surface area contributed by atoms with Gasteiger partial charge in [0, 0.05) is 31.9 Å². The maximum atomic E-state index is 12.7. The van der Waals surface area contributed by atoms with Crippen molar-refractivity contribution in [3.8, 4) is 5.75 Å². The van der Waals surface area contributed by atoms with Crippen molar-refractivity contribution in [2.45, 2.75) is 13.8 Å². The van der Waals surface area contributed by atoms with Crippen molar-refractivity contribution < 1.29 is 9.53 Å². The maximum absolute atomic E-state index is 12.7. The number of aromatic nitrogens is 2. The second kappa shape index (κ2) is 8.14. The number of rotatable bonds is 5. The fraction of sp³-hybridized carbons (Fsp3) is 0.421. The minimum absolute atomic E-state index is 0.270. The highest BCUT2D eigenvalue weighted by Gasteiger charge is 2.20. The lowest BCUT2D eigenvalue weighted by atomic mass is 10.2. The van der Waals surface area contributed by atoms with Crippen LogP contribution in [0.4, 0.5) is 11.6 Å². The molecule has 0 atom stereocenters. The molecule has 1 amide bonds. The van der Waals surface area contributed by atoms with Crippen LogP contribution in [0.5, 0.6) is 5.75 Å². The van der Waals surface area contributed by atoms with E-state index in [0.29, 0.717) is 23.1 Å². The summed E-state index contributed by atoms with van der Waals surface area (Å²) in [5, 5.41) is 2.87. The van der Waals surface area contributed by atoms with Gasteiger partial charge < -0.3 is 19.9 Å². The highest BCUT2D eigenvalue weighted by Crippen LogP contribution is 2.24. The molecule has 3 rings (SSSR count). The molecular weight excluding hydrogens is 330 g/mol. The lowest BCUT2D eigenvalue weighted by Gasteiger charge is -2.34. The van der Waals surface area contributed by atoms with E-state index in [0.717, 1.165) is 38.4 Å². The van der Waals surface area contributed by atoms with Crippen LogP contribution in [0.25, 0.3) is 0 Å². The van der Waals surface area contributed by atoms with Crippen molar-refractivity contribution in [3.63, 3.8) is 0 Å². The Balaban J connectivity index is 1.78. The number of benzene rings is 1. The van der Waals surface area contributed by atoms with E-state index in [1.54, 1.807) is 25.3 Å². The Bertz CT molecular complexity index is 772. The fourth-order valence-corrected chi connectivity index (χ4v) is 3.01. The second-order valence-corrected chi connectivity index (χ2v) is 6.27. The SMILES string of the molecule is CCN1CCN(c2nc(C)cc(C(=O)Nc3ccccc3OC)n2)CC1. The van der Waals surface area contributed by atoms with Gasteiger partial charge in [0.1, 0.15) is 11.4 Å². The minimum Gasteiger partial charge on any atom is -0.495 e. The van der Waals surface area contributed by atoms with Crippen molar-refractivity contribution in [1.29, 1.82) is 0 Å². The number of anilines is 2. The van der Waals surface area contributed by atoms with Gasteiger partial charge in [0.25, 0.3) is 5.91 Å². The lowest BCUT2D eigenvalue weighted by Crippen LogP contribution is -2.47. The van der Waals surface area contributed by atoms with Gasteiger partial charge in [-0.15, -0.1) is 0 Å². The van der Waals surface area contributed by atoms with Crippen LogP contribution in [0.1, 0.15) is 23.1 Å². The zero-order valence-corrected chi connectivity index (χ0v) is 15.5. The molecule has 0 unspecified atom stereocenters. The monoisotopic (exact) mass is 355 g/mol. The average Bonchev–Trinajstić information content (AvgIpc) is 2.68. The van der Waals surface area contributed by atoms with Crippen molar-refractivity contribution >= 4 is 17.5 Å². The zero-order chi connectivity index (χ0) is 18.5. The normalized spacial score (nSPS) is 15.0. The van der Waals surface area contributed by atoms with Gasteiger partial charge in [0.2, 0.25) is 5.95 Å². The molecule has 0 radical (unpaired) electrons. The van der Waals surface area contributed by atoms with Gasteiger partial charge in [-0.2, -0.15) is 0 Å². The van der Waals surface area contributed by atoms with Gasteiger partial charge in [-0.25, -0.2) is 9.97 Å². The van der Waals surface area contributed by atoms with Gasteiger partial charge in [0.15, 0.2) is 0 Å². The molecule has 7 heteroatoms. The quantitative estimate of drug-likeness (QED) is 0.887. The van der Waals surface area contributed by atoms with E-state index >= 15 is 0 Å². The molecule has 138 valence electrons. The summed E-state index contributed by atoms with van der Waals surface area (Å²) < 4.78 is 5.29. The third-order valence-electron chi connectivity index (χ3n) is 4.53. The molecule has 1 aliphatic rings. The number of hydrogen-bond acceptors (Lipinski definition) is 6. The molecule has 1 aliphatic heterocycles. The Hall–Kier alpha value is -2.67. The summed E-state index contributed by atoms with van der Waals surface area (Å²) in [5.41, 5.74) is 1.75. The number of aryl methyl sites for hydroxylation is 1. The highest BCUT2D eigenvalue weighted by molar-refractivity contribution is 6.03. The Morgan fingerprint density at radius 2 is 1.92 bits per heavy atom. The molecule has 1 fully saturated rings. The molecule has 7 nitrogen and oxygen atoms in total. The van der Waals surface area contributed by atoms with Crippen LogP contribution in [-0.2, 0) is 0 Å². The first-order valence-electron chi connectivity index (χ1n) is 8.88. The summed E-state index contributed by atoms with van der Waals surface area (Å²) in [4.78, 5) is 26.2. The van der Waals surface area contributed by atoms with Crippen LogP contribution in [0.3, 0.4) is 0 Å². The minimum atomic E-state index is -0.270.